The Hall–Kier alpha value is -1.26. The summed E-state index contributed by atoms with van der Waals surface area (Å²) in [7, 11) is 0. The highest BCUT2D eigenvalue weighted by molar-refractivity contribution is 5.29. The molecule has 1 aromatic rings. The highest BCUT2D eigenvalue weighted by atomic mass is 19.4. The summed E-state index contributed by atoms with van der Waals surface area (Å²) in [6, 6.07) is 3.87. The van der Waals surface area contributed by atoms with Gasteiger partial charge in [0.1, 0.15) is 0 Å². The van der Waals surface area contributed by atoms with Gasteiger partial charge in [-0.25, -0.2) is 4.39 Å². The summed E-state index contributed by atoms with van der Waals surface area (Å²) in [6.45, 7) is 2.31. The highest BCUT2D eigenvalue weighted by Crippen LogP contribution is 2.54. The zero-order valence-corrected chi connectivity index (χ0v) is 18.6. The number of hydrogen-bond acceptors (Lipinski definition) is 1. The molecule has 0 aliphatic heterocycles. The Morgan fingerprint density at radius 1 is 0.871 bits per heavy atom. The van der Waals surface area contributed by atoms with Crippen LogP contribution in [-0.4, -0.2) is 6.36 Å². The van der Waals surface area contributed by atoms with Crippen molar-refractivity contribution in [2.24, 2.45) is 35.5 Å². The molecule has 174 valence electrons. The number of benzene rings is 1. The molecule has 0 N–H and O–H groups in total. The summed E-state index contributed by atoms with van der Waals surface area (Å²) in [6.07, 6.45) is 10.6. The molecule has 0 spiro atoms. The van der Waals surface area contributed by atoms with Crippen LogP contribution in [0.2, 0.25) is 0 Å². The molecular weight excluding hydrogens is 404 g/mol. The largest absolute Gasteiger partial charge is 0.573 e. The van der Waals surface area contributed by atoms with E-state index in [-0.39, 0.29) is 0 Å². The lowest BCUT2D eigenvalue weighted by molar-refractivity contribution is -0.275. The fraction of sp³-hybridized carbons (Fsp3) is 0.769. The van der Waals surface area contributed by atoms with E-state index in [1.807, 2.05) is 0 Å². The van der Waals surface area contributed by atoms with Crippen LogP contribution in [0.3, 0.4) is 0 Å². The SMILES string of the molecule is CCCC1CCC2C(CCC3CC(CCc4ccc(OC(F)(F)F)c(F)c4)CCC32)C1. The van der Waals surface area contributed by atoms with E-state index < -0.39 is 17.9 Å². The van der Waals surface area contributed by atoms with Gasteiger partial charge in [0.2, 0.25) is 0 Å². The van der Waals surface area contributed by atoms with E-state index in [0.29, 0.717) is 5.92 Å². The first kappa shape index (κ1) is 22.9. The van der Waals surface area contributed by atoms with E-state index in [1.54, 1.807) is 6.07 Å². The second-order valence-electron chi connectivity index (χ2n) is 10.4. The molecule has 6 unspecified atom stereocenters. The summed E-state index contributed by atoms with van der Waals surface area (Å²) >= 11 is 0. The predicted molar refractivity (Wildman–Crippen MR) is 114 cm³/mol. The molecular formula is C26H36F4O. The Morgan fingerprint density at radius 3 is 2.03 bits per heavy atom. The van der Waals surface area contributed by atoms with Crippen molar-refractivity contribution in [3.05, 3.63) is 29.6 Å². The van der Waals surface area contributed by atoms with E-state index in [9.17, 15) is 17.6 Å². The van der Waals surface area contributed by atoms with Crippen molar-refractivity contribution >= 4 is 0 Å². The van der Waals surface area contributed by atoms with Gasteiger partial charge < -0.3 is 4.74 Å². The van der Waals surface area contributed by atoms with E-state index in [2.05, 4.69) is 11.7 Å². The third kappa shape index (κ3) is 5.76. The van der Waals surface area contributed by atoms with Crippen molar-refractivity contribution in [1.29, 1.82) is 0 Å². The predicted octanol–water partition coefficient (Wildman–Crippen LogP) is 8.32. The van der Waals surface area contributed by atoms with Crippen molar-refractivity contribution in [3.8, 4) is 5.75 Å². The van der Waals surface area contributed by atoms with Gasteiger partial charge >= 0.3 is 6.36 Å². The minimum atomic E-state index is -4.87. The Labute approximate surface area is 183 Å². The first-order valence-corrected chi connectivity index (χ1v) is 12.4. The van der Waals surface area contributed by atoms with Gasteiger partial charge in [0.15, 0.2) is 11.6 Å². The third-order valence-corrected chi connectivity index (χ3v) is 8.52. The average molecular weight is 441 g/mol. The first-order valence-electron chi connectivity index (χ1n) is 12.4. The second-order valence-corrected chi connectivity index (χ2v) is 10.4. The number of alkyl halides is 3. The van der Waals surface area contributed by atoms with Crippen molar-refractivity contribution in [1.82, 2.24) is 0 Å². The molecule has 3 saturated carbocycles. The van der Waals surface area contributed by atoms with Gasteiger partial charge in [-0.05, 0) is 105 Å². The van der Waals surface area contributed by atoms with Crippen LogP contribution in [-0.2, 0) is 6.42 Å². The molecule has 3 aliphatic carbocycles. The molecule has 0 aromatic heterocycles. The number of aryl methyl sites for hydroxylation is 1. The summed E-state index contributed by atoms with van der Waals surface area (Å²) in [5, 5.41) is 0. The van der Waals surface area contributed by atoms with Crippen LogP contribution in [0, 0.1) is 41.3 Å². The smallest absolute Gasteiger partial charge is 0.403 e. The minimum absolute atomic E-state index is 0.656. The zero-order chi connectivity index (χ0) is 22.0. The lowest BCUT2D eigenvalue weighted by Crippen LogP contribution is -2.41. The van der Waals surface area contributed by atoms with Crippen LogP contribution in [0.1, 0.15) is 83.1 Å². The lowest BCUT2D eigenvalue weighted by atomic mass is 9.55. The van der Waals surface area contributed by atoms with Crippen molar-refractivity contribution in [3.63, 3.8) is 0 Å². The molecule has 0 heterocycles. The molecule has 0 radical (unpaired) electrons. The maximum atomic E-state index is 14.0. The molecule has 0 bridgehead atoms. The topological polar surface area (TPSA) is 9.23 Å². The molecule has 5 heteroatoms. The number of ether oxygens (including phenoxy) is 1. The Balaban J connectivity index is 1.27. The van der Waals surface area contributed by atoms with E-state index in [1.165, 1.54) is 70.3 Å². The van der Waals surface area contributed by atoms with Crippen LogP contribution in [0.15, 0.2) is 18.2 Å². The molecule has 31 heavy (non-hydrogen) atoms. The number of rotatable bonds is 6. The van der Waals surface area contributed by atoms with E-state index in [4.69, 9.17) is 0 Å². The highest BCUT2D eigenvalue weighted by Gasteiger charge is 2.44. The minimum Gasteiger partial charge on any atom is -0.403 e. The molecule has 4 rings (SSSR count). The molecule has 3 fully saturated rings. The van der Waals surface area contributed by atoms with E-state index >= 15 is 0 Å². The maximum absolute atomic E-state index is 14.0. The standard InChI is InChI=1S/C26H36F4O/c1-2-3-17-6-11-22-20(14-17)9-10-21-15-18(7-12-23(21)22)4-5-19-8-13-25(24(27)16-19)31-26(28,29)30/h8,13,16-18,20-23H,2-7,9-12,14-15H2,1H3. The van der Waals surface area contributed by atoms with Crippen LogP contribution >= 0.6 is 0 Å². The van der Waals surface area contributed by atoms with Crippen LogP contribution in [0.4, 0.5) is 17.6 Å². The first-order chi connectivity index (χ1) is 14.8. The van der Waals surface area contributed by atoms with Crippen molar-refractivity contribution in [2.75, 3.05) is 0 Å². The summed E-state index contributed by atoms with van der Waals surface area (Å²) in [5.41, 5.74) is 0.757. The molecule has 0 amide bonds. The molecule has 1 aromatic carbocycles. The van der Waals surface area contributed by atoms with Gasteiger partial charge in [-0.3, -0.25) is 0 Å². The fourth-order valence-electron chi connectivity index (χ4n) is 7.20. The zero-order valence-electron chi connectivity index (χ0n) is 18.6. The molecule has 3 aliphatic rings. The fourth-order valence-corrected chi connectivity index (χ4v) is 7.20. The third-order valence-electron chi connectivity index (χ3n) is 8.52. The van der Waals surface area contributed by atoms with Crippen molar-refractivity contribution in [2.45, 2.75) is 90.3 Å². The number of hydrogen-bond donors (Lipinski definition) is 0. The maximum Gasteiger partial charge on any atom is 0.573 e. The summed E-state index contributed by atoms with van der Waals surface area (Å²) in [4.78, 5) is 0. The van der Waals surface area contributed by atoms with Gasteiger partial charge in [0.05, 0.1) is 0 Å². The quantitative estimate of drug-likeness (QED) is 0.404. The number of halogens is 4. The van der Waals surface area contributed by atoms with Gasteiger partial charge in [-0.15, -0.1) is 13.2 Å². The van der Waals surface area contributed by atoms with Crippen LogP contribution in [0.5, 0.6) is 5.75 Å². The Kier molecular flexibility index (Phi) is 7.17. The Morgan fingerprint density at radius 2 is 1.48 bits per heavy atom. The normalized spacial score (nSPS) is 33.5. The summed E-state index contributed by atoms with van der Waals surface area (Å²) < 4.78 is 54.7. The molecule has 0 saturated heterocycles. The van der Waals surface area contributed by atoms with Gasteiger partial charge in [0, 0.05) is 0 Å². The Bertz CT molecular complexity index is 731. The number of fused-ring (bicyclic) bond motifs is 3. The second kappa shape index (κ2) is 9.70. The van der Waals surface area contributed by atoms with Gasteiger partial charge in [-0.2, -0.15) is 0 Å². The monoisotopic (exact) mass is 440 g/mol. The lowest BCUT2D eigenvalue weighted by Gasteiger charge is -2.51. The van der Waals surface area contributed by atoms with Gasteiger partial charge in [-0.1, -0.05) is 38.7 Å². The van der Waals surface area contributed by atoms with Gasteiger partial charge in [0.25, 0.3) is 0 Å². The van der Waals surface area contributed by atoms with Crippen molar-refractivity contribution < 1.29 is 22.3 Å². The van der Waals surface area contributed by atoms with Crippen LogP contribution < -0.4 is 4.74 Å². The van der Waals surface area contributed by atoms with E-state index in [0.717, 1.165) is 54.1 Å². The molecule has 6 atom stereocenters. The van der Waals surface area contributed by atoms with Crippen LogP contribution in [0.25, 0.3) is 0 Å². The average Bonchev–Trinajstić information content (AvgIpc) is 2.73. The molecule has 1 nitrogen and oxygen atoms in total. The summed E-state index contributed by atoms with van der Waals surface area (Å²) in [5.74, 6) is 3.61.